The van der Waals surface area contributed by atoms with Gasteiger partial charge in [-0.05, 0) is 0 Å². The van der Waals surface area contributed by atoms with Gasteiger partial charge in [0.15, 0.2) is 0 Å². The summed E-state index contributed by atoms with van der Waals surface area (Å²) in [5.41, 5.74) is 0. The van der Waals surface area contributed by atoms with E-state index in [1.54, 1.807) is 0 Å². The molecule has 0 saturated heterocycles. The van der Waals surface area contributed by atoms with Gasteiger partial charge in [0.05, 0.1) is 0 Å². The van der Waals surface area contributed by atoms with Crippen LogP contribution in [0.2, 0.25) is 0 Å². The summed E-state index contributed by atoms with van der Waals surface area (Å²) < 4.78 is 0. The molecule has 0 aliphatic rings. The third kappa shape index (κ3) is 82.3. The van der Waals surface area contributed by atoms with Crippen LogP contribution in [0.25, 0.3) is 0 Å². The van der Waals surface area contributed by atoms with E-state index in [2.05, 4.69) is 0 Å². The van der Waals surface area contributed by atoms with Gasteiger partial charge in [0, 0.05) is 0 Å². The zero-order valence-electron chi connectivity index (χ0n) is 6.80. The van der Waals surface area contributed by atoms with Crippen molar-refractivity contribution in [1.82, 2.24) is 0 Å². The molecule has 8 heteroatoms. The fourth-order valence-electron chi connectivity index (χ4n) is 0. The molecule has 3 nitrogen and oxygen atoms in total. The van der Waals surface area contributed by atoms with E-state index >= 15 is 0 Å². The maximum atomic E-state index is 8.42. The topological polar surface area (TPSA) is 69.2 Å². The van der Waals surface area contributed by atoms with Crippen LogP contribution in [-0.4, -0.2) is 7.32 Å². The average Bonchev–Trinajstić information content (AvgIpc) is 0.811. The fraction of sp³-hybridized carbons (Fsp3) is 0. The van der Waals surface area contributed by atoms with Crippen LogP contribution < -0.4 is 90.5 Å². The quantitative estimate of drug-likeness (QED) is 0.276. The Kier molecular flexibility index (Phi) is 90.1. The first-order chi connectivity index (χ1) is 1.73. The Morgan fingerprint density at radius 1 is 0.750 bits per heavy atom. The minimum Gasteiger partial charge on any atom is -1.00 e. The number of rotatable bonds is 0. The summed E-state index contributed by atoms with van der Waals surface area (Å²) in [6, 6.07) is 0. The second kappa shape index (κ2) is 22.8. The summed E-state index contributed by atoms with van der Waals surface area (Å²) in [5, 5.41) is 25.2. The predicted molar refractivity (Wildman–Crippen MR) is 6.87 cm³/mol. The molecular weight excluding hydrogens is 86.6 g/mol. The maximum Gasteiger partial charge on any atom is 1.00 e. The molecule has 0 aliphatic carbocycles. The van der Waals surface area contributed by atoms with Crippen molar-refractivity contribution in [2.24, 2.45) is 0 Å². The SMILES string of the molecule is [H-].[Li+].[Li+].[Li+].[Li+].[O-]B([O-])[O-]. The monoisotopic (exact) mass is 88.1 g/mol. The van der Waals surface area contributed by atoms with Crippen LogP contribution in [0.3, 0.4) is 0 Å². The van der Waals surface area contributed by atoms with Gasteiger partial charge >= 0.3 is 75.4 Å². The van der Waals surface area contributed by atoms with E-state index in [4.69, 9.17) is 15.1 Å². The molecule has 0 fully saturated rings. The Bertz CT molecular complexity index is 20.5. The molecule has 0 amide bonds. The minimum absolute atomic E-state index is 0. The van der Waals surface area contributed by atoms with Crippen molar-refractivity contribution in [3.63, 3.8) is 0 Å². The van der Waals surface area contributed by atoms with E-state index in [-0.39, 0.29) is 76.9 Å². The molecule has 0 aromatic rings. The van der Waals surface area contributed by atoms with Crippen molar-refractivity contribution in [2.75, 3.05) is 0 Å². The number of hydrogen-bond acceptors (Lipinski definition) is 3. The Hall–Kier alpha value is 2.33. The molecule has 8 heavy (non-hydrogen) atoms. The van der Waals surface area contributed by atoms with Gasteiger partial charge in [-0.25, -0.2) is 0 Å². The smallest absolute Gasteiger partial charge is 1.00 e. The Morgan fingerprint density at radius 3 is 0.750 bits per heavy atom. The van der Waals surface area contributed by atoms with E-state index in [1.165, 1.54) is 0 Å². The molecular formula is HBLi4O3. The van der Waals surface area contributed by atoms with Crippen LogP contribution in [0, 0.1) is 0 Å². The molecule has 0 radical (unpaired) electrons. The van der Waals surface area contributed by atoms with Gasteiger partial charge in [-0.2, -0.15) is 0 Å². The predicted octanol–water partition coefficient (Wildman–Crippen LogP) is -15.8. The zero-order valence-corrected chi connectivity index (χ0v) is 5.80. The Labute approximate surface area is 98.4 Å². The van der Waals surface area contributed by atoms with Gasteiger partial charge in [0.1, 0.15) is 0 Å². The summed E-state index contributed by atoms with van der Waals surface area (Å²) in [7, 11) is -2.92. The van der Waals surface area contributed by atoms with Crippen LogP contribution in [0.5, 0.6) is 0 Å². The number of hydrogen-bond donors (Lipinski definition) is 0. The van der Waals surface area contributed by atoms with Gasteiger partial charge in [0.2, 0.25) is 0 Å². The second-order valence-corrected chi connectivity index (χ2v) is 0.289. The molecule has 0 aromatic carbocycles. The minimum atomic E-state index is -2.92. The van der Waals surface area contributed by atoms with Crippen LogP contribution in [0.1, 0.15) is 1.43 Å². The molecule has 0 aliphatic heterocycles. The molecule has 0 rings (SSSR count). The molecule has 0 bridgehead atoms. The molecule has 0 aromatic heterocycles. The van der Waals surface area contributed by atoms with Crippen LogP contribution in [-0.2, 0) is 0 Å². The normalized spacial score (nSPS) is 3.38. The molecule has 0 atom stereocenters. The molecule has 0 N–H and O–H groups in total. The Balaban J connectivity index is -0.00000000450. The average molecular weight is 87.6 g/mol. The maximum absolute atomic E-state index is 8.42. The molecule has 0 spiro atoms. The molecule has 26 valence electrons. The van der Waals surface area contributed by atoms with E-state index in [0.29, 0.717) is 0 Å². The summed E-state index contributed by atoms with van der Waals surface area (Å²) in [4.78, 5) is 0. The van der Waals surface area contributed by atoms with E-state index in [0.717, 1.165) is 0 Å². The largest absolute Gasteiger partial charge is 1.00 e. The first-order valence-corrected chi connectivity index (χ1v) is 0.707. The first kappa shape index (κ1) is 31.6. The third-order valence-corrected chi connectivity index (χ3v) is 0. The van der Waals surface area contributed by atoms with Crippen molar-refractivity contribution in [1.29, 1.82) is 0 Å². The Morgan fingerprint density at radius 2 is 0.750 bits per heavy atom. The van der Waals surface area contributed by atoms with Crippen molar-refractivity contribution in [3.05, 3.63) is 0 Å². The fourth-order valence-corrected chi connectivity index (χ4v) is 0. The summed E-state index contributed by atoms with van der Waals surface area (Å²) >= 11 is 0. The van der Waals surface area contributed by atoms with Crippen molar-refractivity contribution in [2.45, 2.75) is 0 Å². The molecule has 0 heterocycles. The van der Waals surface area contributed by atoms with Crippen LogP contribution >= 0.6 is 0 Å². The van der Waals surface area contributed by atoms with Gasteiger partial charge < -0.3 is 16.5 Å². The third-order valence-electron chi connectivity index (χ3n) is 0. The van der Waals surface area contributed by atoms with Gasteiger partial charge in [-0.15, -0.1) is 0 Å². The van der Waals surface area contributed by atoms with Crippen LogP contribution in [0.15, 0.2) is 0 Å². The zero-order chi connectivity index (χ0) is 3.58. The van der Waals surface area contributed by atoms with Gasteiger partial charge in [-0.1, -0.05) is 0 Å². The standard InChI is InChI=1S/BO3.4Li.H/c2-1(3)4;;;;;/q-3;4*+1;-1. The van der Waals surface area contributed by atoms with Gasteiger partial charge in [-0.3, -0.25) is 7.32 Å². The second-order valence-electron chi connectivity index (χ2n) is 0.289. The van der Waals surface area contributed by atoms with Crippen LogP contribution in [0.4, 0.5) is 0 Å². The molecule has 0 unspecified atom stereocenters. The summed E-state index contributed by atoms with van der Waals surface area (Å²) in [6.45, 7) is 0. The summed E-state index contributed by atoms with van der Waals surface area (Å²) in [5.74, 6) is 0. The van der Waals surface area contributed by atoms with Crippen molar-refractivity contribution in [3.8, 4) is 0 Å². The van der Waals surface area contributed by atoms with Crippen molar-refractivity contribution < 1.29 is 91.9 Å². The molecule has 0 saturated carbocycles. The van der Waals surface area contributed by atoms with E-state index in [1.807, 2.05) is 0 Å². The van der Waals surface area contributed by atoms with Gasteiger partial charge in [0.25, 0.3) is 0 Å². The first-order valence-electron chi connectivity index (χ1n) is 0.707. The van der Waals surface area contributed by atoms with Crippen molar-refractivity contribution >= 4 is 7.32 Å². The van der Waals surface area contributed by atoms with E-state index in [9.17, 15) is 0 Å². The van der Waals surface area contributed by atoms with E-state index < -0.39 is 7.32 Å². The summed E-state index contributed by atoms with van der Waals surface area (Å²) in [6.07, 6.45) is 0.